The summed E-state index contributed by atoms with van der Waals surface area (Å²) in [6, 6.07) is 4.62. The molecule has 1 heterocycles. The van der Waals surface area contributed by atoms with E-state index in [-0.39, 0.29) is 22.8 Å². The fourth-order valence-electron chi connectivity index (χ4n) is 1.93. The normalized spacial score (nSPS) is 12.3. The predicted octanol–water partition coefficient (Wildman–Crippen LogP) is 1.15. The van der Waals surface area contributed by atoms with Crippen LogP contribution in [0, 0.1) is 19.7 Å². The van der Waals surface area contributed by atoms with Gasteiger partial charge < -0.3 is 4.52 Å². The van der Waals surface area contributed by atoms with Crippen molar-refractivity contribution in [3.8, 4) is 0 Å². The summed E-state index contributed by atoms with van der Waals surface area (Å²) in [6.45, 7) is 2.69. The summed E-state index contributed by atoms with van der Waals surface area (Å²) >= 11 is 0. The van der Waals surface area contributed by atoms with E-state index in [2.05, 4.69) is 14.6 Å². The smallest absolute Gasteiger partial charge is 0.240 e. The van der Waals surface area contributed by atoms with Gasteiger partial charge in [-0.05, 0) is 37.6 Å². The third-order valence-electron chi connectivity index (χ3n) is 2.98. The van der Waals surface area contributed by atoms with Crippen LogP contribution in [0.2, 0.25) is 0 Å². The molecule has 0 aliphatic heterocycles. The van der Waals surface area contributed by atoms with E-state index < -0.39 is 31.6 Å². The molecule has 0 atom stereocenters. The van der Waals surface area contributed by atoms with Crippen LogP contribution >= 0.6 is 0 Å². The largest absolute Gasteiger partial charge is 0.360 e. The molecule has 0 saturated heterocycles. The maximum absolute atomic E-state index is 13.0. The van der Waals surface area contributed by atoms with E-state index in [4.69, 9.17) is 4.52 Å². The Balaban J connectivity index is 1.99. The van der Waals surface area contributed by atoms with Crippen molar-refractivity contribution in [1.82, 2.24) is 9.88 Å². The molecule has 1 aromatic heterocycles. The van der Waals surface area contributed by atoms with Gasteiger partial charge >= 0.3 is 0 Å². The number of nitrogens with zero attached hydrogens (tertiary/aromatic N) is 1. The van der Waals surface area contributed by atoms with Crippen molar-refractivity contribution in [1.29, 1.82) is 0 Å². The molecule has 0 aliphatic carbocycles. The van der Waals surface area contributed by atoms with Gasteiger partial charge in [0.05, 0.1) is 10.6 Å². The fraction of sp³-hybridized carbons (Fsp3) is 0.308. The SMILES string of the molecule is Cc1cc(NS(=O)(=O)CCNS(=O)(=O)c2ccc(F)cc2C)no1. The number of aromatic nitrogens is 1. The van der Waals surface area contributed by atoms with E-state index >= 15 is 0 Å². The van der Waals surface area contributed by atoms with Crippen molar-refractivity contribution in [3.05, 3.63) is 41.4 Å². The number of aryl methyl sites for hydroxylation is 2. The van der Waals surface area contributed by atoms with Gasteiger partial charge in [0.1, 0.15) is 11.6 Å². The minimum Gasteiger partial charge on any atom is -0.360 e. The maximum atomic E-state index is 13.0. The number of halogens is 1. The monoisotopic (exact) mass is 377 g/mol. The van der Waals surface area contributed by atoms with Gasteiger partial charge in [0, 0.05) is 12.6 Å². The summed E-state index contributed by atoms with van der Waals surface area (Å²) in [5.41, 5.74) is 0.224. The summed E-state index contributed by atoms with van der Waals surface area (Å²) in [4.78, 5) is -0.110. The van der Waals surface area contributed by atoms with Crippen LogP contribution in [-0.4, -0.2) is 34.3 Å². The first-order valence-electron chi connectivity index (χ1n) is 6.79. The zero-order valence-electron chi connectivity index (χ0n) is 12.9. The molecule has 2 N–H and O–H groups in total. The van der Waals surface area contributed by atoms with Gasteiger partial charge in [-0.1, -0.05) is 5.16 Å². The predicted molar refractivity (Wildman–Crippen MR) is 85.0 cm³/mol. The van der Waals surface area contributed by atoms with E-state index in [1.807, 2.05) is 0 Å². The van der Waals surface area contributed by atoms with Gasteiger partial charge in [0.15, 0.2) is 5.82 Å². The van der Waals surface area contributed by atoms with E-state index in [1.54, 1.807) is 6.92 Å². The number of nitrogens with one attached hydrogen (secondary N) is 2. The molecule has 0 bridgehead atoms. The number of hydrogen-bond acceptors (Lipinski definition) is 6. The molecule has 0 aliphatic rings. The highest BCUT2D eigenvalue weighted by atomic mass is 32.2. The summed E-state index contributed by atoms with van der Waals surface area (Å²) in [5, 5.41) is 3.49. The molecule has 11 heteroatoms. The Morgan fingerprint density at radius 1 is 1.17 bits per heavy atom. The average Bonchev–Trinajstić information content (AvgIpc) is 2.82. The number of rotatable bonds is 7. The quantitative estimate of drug-likeness (QED) is 0.747. The van der Waals surface area contributed by atoms with Crippen LogP contribution in [0.15, 0.2) is 33.7 Å². The van der Waals surface area contributed by atoms with Crippen LogP contribution in [0.4, 0.5) is 10.2 Å². The van der Waals surface area contributed by atoms with E-state index in [1.165, 1.54) is 13.0 Å². The first-order chi connectivity index (χ1) is 11.1. The molecule has 2 aromatic rings. The molecule has 0 saturated carbocycles. The number of anilines is 1. The van der Waals surface area contributed by atoms with Crippen LogP contribution in [-0.2, 0) is 20.0 Å². The molecule has 0 amide bonds. The maximum Gasteiger partial charge on any atom is 0.240 e. The number of benzene rings is 1. The van der Waals surface area contributed by atoms with Gasteiger partial charge in [0.25, 0.3) is 0 Å². The van der Waals surface area contributed by atoms with E-state index in [0.29, 0.717) is 5.76 Å². The lowest BCUT2D eigenvalue weighted by Crippen LogP contribution is -2.31. The minimum absolute atomic E-state index is 0.0183. The lowest BCUT2D eigenvalue weighted by Gasteiger charge is -2.10. The molecule has 0 fully saturated rings. The Hall–Kier alpha value is -1.98. The highest BCUT2D eigenvalue weighted by molar-refractivity contribution is 7.92. The van der Waals surface area contributed by atoms with Gasteiger partial charge in [-0.2, -0.15) is 0 Å². The van der Waals surface area contributed by atoms with Crippen molar-refractivity contribution in [3.63, 3.8) is 0 Å². The van der Waals surface area contributed by atoms with Crippen molar-refractivity contribution in [2.24, 2.45) is 0 Å². The highest BCUT2D eigenvalue weighted by Crippen LogP contribution is 2.16. The molecule has 8 nitrogen and oxygen atoms in total. The molecular weight excluding hydrogens is 361 g/mol. The molecule has 2 rings (SSSR count). The lowest BCUT2D eigenvalue weighted by atomic mass is 10.2. The van der Waals surface area contributed by atoms with Crippen molar-refractivity contribution in [2.75, 3.05) is 17.0 Å². The Morgan fingerprint density at radius 3 is 2.46 bits per heavy atom. The lowest BCUT2D eigenvalue weighted by molar-refractivity contribution is 0.400. The summed E-state index contributed by atoms with van der Waals surface area (Å²) in [5.74, 6) is -0.607. The van der Waals surface area contributed by atoms with Gasteiger partial charge in [-0.15, -0.1) is 0 Å². The molecule has 0 spiro atoms. The zero-order chi connectivity index (χ0) is 18.0. The summed E-state index contributed by atoms with van der Waals surface area (Å²) in [6.07, 6.45) is 0. The van der Waals surface area contributed by atoms with Crippen LogP contribution < -0.4 is 9.44 Å². The third kappa shape index (κ3) is 4.76. The Morgan fingerprint density at radius 2 is 1.88 bits per heavy atom. The highest BCUT2D eigenvalue weighted by Gasteiger charge is 2.19. The molecule has 0 unspecified atom stereocenters. The Kier molecular flexibility index (Phi) is 5.26. The first-order valence-corrected chi connectivity index (χ1v) is 9.92. The molecular formula is C13H16FN3O5S2. The third-order valence-corrected chi connectivity index (χ3v) is 5.86. The Labute approximate surface area is 139 Å². The fourth-order valence-corrected chi connectivity index (χ4v) is 4.20. The second-order valence-corrected chi connectivity index (χ2v) is 8.63. The van der Waals surface area contributed by atoms with Crippen LogP contribution in [0.1, 0.15) is 11.3 Å². The number of sulfonamides is 2. The summed E-state index contributed by atoms with van der Waals surface area (Å²) in [7, 11) is -7.74. The molecule has 132 valence electrons. The van der Waals surface area contributed by atoms with Crippen molar-refractivity contribution < 1.29 is 25.7 Å². The molecule has 1 aromatic carbocycles. The van der Waals surface area contributed by atoms with Crippen LogP contribution in [0.3, 0.4) is 0 Å². The van der Waals surface area contributed by atoms with Crippen molar-refractivity contribution >= 4 is 25.9 Å². The minimum atomic E-state index is -3.94. The van der Waals surface area contributed by atoms with Gasteiger partial charge in [-0.3, -0.25) is 4.72 Å². The molecule has 0 radical (unpaired) electrons. The van der Waals surface area contributed by atoms with Crippen LogP contribution in [0.5, 0.6) is 0 Å². The molecule has 24 heavy (non-hydrogen) atoms. The second-order valence-electron chi connectivity index (χ2n) is 5.05. The summed E-state index contributed by atoms with van der Waals surface area (Å²) < 4.78 is 70.1. The van der Waals surface area contributed by atoms with E-state index in [0.717, 1.165) is 18.2 Å². The van der Waals surface area contributed by atoms with E-state index in [9.17, 15) is 21.2 Å². The first kappa shape index (κ1) is 18.4. The average molecular weight is 377 g/mol. The second kappa shape index (κ2) is 6.87. The number of hydrogen-bond donors (Lipinski definition) is 2. The zero-order valence-corrected chi connectivity index (χ0v) is 14.5. The van der Waals surface area contributed by atoms with Gasteiger partial charge in [-0.25, -0.2) is 25.9 Å². The topological polar surface area (TPSA) is 118 Å². The van der Waals surface area contributed by atoms with Crippen molar-refractivity contribution in [2.45, 2.75) is 18.7 Å². The van der Waals surface area contributed by atoms with Crippen LogP contribution in [0.25, 0.3) is 0 Å². The Bertz CT molecular complexity index is 938. The standard InChI is InChI=1S/C13H16FN3O5S2/c1-9-7-11(14)3-4-12(9)24(20,21)15-5-6-23(18,19)17-13-8-10(2)22-16-13/h3-4,7-8,15H,5-6H2,1-2H3,(H,16,17). The van der Waals surface area contributed by atoms with Gasteiger partial charge in [0.2, 0.25) is 20.0 Å².